The number of nitrogens with two attached hydrogens (primary N) is 1. The third-order valence-electron chi connectivity index (χ3n) is 2.85. The van der Waals surface area contributed by atoms with Gasteiger partial charge in [-0.05, 0) is 42.3 Å². The lowest BCUT2D eigenvalue weighted by atomic mass is 10.1. The third kappa shape index (κ3) is 3.55. The molecule has 19 heavy (non-hydrogen) atoms. The largest absolute Gasteiger partial charge is 0.484 e. The molecule has 2 nitrogen and oxygen atoms in total. The van der Waals surface area contributed by atoms with Gasteiger partial charge in [0.05, 0.1) is 0 Å². The molecule has 0 bridgehead atoms. The second-order valence-corrected chi connectivity index (χ2v) is 5.22. The van der Waals surface area contributed by atoms with Crippen LogP contribution in [0.1, 0.15) is 17.2 Å². The van der Waals surface area contributed by atoms with Crippen molar-refractivity contribution >= 4 is 15.9 Å². The third-order valence-corrected chi connectivity index (χ3v) is 3.35. The SMILES string of the molecule is Cc1ccc(Br)cc1OC(CN)c1cccc(F)c1. The Balaban J connectivity index is 2.26. The molecule has 0 aliphatic carbocycles. The van der Waals surface area contributed by atoms with E-state index in [1.165, 1.54) is 12.1 Å². The van der Waals surface area contributed by atoms with E-state index in [0.717, 1.165) is 21.3 Å². The molecule has 0 saturated heterocycles. The van der Waals surface area contributed by atoms with Crippen LogP contribution in [0.15, 0.2) is 46.9 Å². The van der Waals surface area contributed by atoms with E-state index in [9.17, 15) is 4.39 Å². The van der Waals surface area contributed by atoms with Gasteiger partial charge in [-0.15, -0.1) is 0 Å². The van der Waals surface area contributed by atoms with Gasteiger partial charge in [-0.3, -0.25) is 0 Å². The predicted octanol–water partition coefficient (Wildman–Crippen LogP) is 3.98. The van der Waals surface area contributed by atoms with Crippen molar-refractivity contribution in [3.8, 4) is 5.75 Å². The molecule has 4 heteroatoms. The van der Waals surface area contributed by atoms with Gasteiger partial charge in [0.25, 0.3) is 0 Å². The van der Waals surface area contributed by atoms with Gasteiger partial charge >= 0.3 is 0 Å². The second-order valence-electron chi connectivity index (χ2n) is 4.31. The first-order valence-electron chi connectivity index (χ1n) is 5.98. The number of halogens is 2. The molecule has 2 aromatic carbocycles. The van der Waals surface area contributed by atoms with E-state index in [-0.39, 0.29) is 18.5 Å². The second kappa shape index (κ2) is 6.17. The van der Waals surface area contributed by atoms with Crippen LogP contribution in [-0.4, -0.2) is 6.54 Å². The molecule has 2 aromatic rings. The van der Waals surface area contributed by atoms with E-state index in [1.807, 2.05) is 31.2 Å². The van der Waals surface area contributed by atoms with Crippen molar-refractivity contribution in [2.24, 2.45) is 5.73 Å². The zero-order valence-electron chi connectivity index (χ0n) is 10.6. The van der Waals surface area contributed by atoms with Gasteiger partial charge < -0.3 is 10.5 Å². The first-order valence-corrected chi connectivity index (χ1v) is 6.78. The molecular formula is C15H15BrFNO. The lowest BCUT2D eigenvalue weighted by molar-refractivity contribution is 0.212. The Bertz CT molecular complexity index is 574. The van der Waals surface area contributed by atoms with Crippen LogP contribution in [0.25, 0.3) is 0 Å². The van der Waals surface area contributed by atoms with E-state index in [1.54, 1.807) is 6.07 Å². The minimum absolute atomic E-state index is 0.287. The number of ether oxygens (including phenoxy) is 1. The standard InChI is InChI=1S/C15H15BrFNO/c1-10-5-6-12(16)8-14(10)19-15(9-18)11-3-2-4-13(17)7-11/h2-8,15H,9,18H2,1H3. The van der Waals surface area contributed by atoms with Crippen molar-refractivity contribution in [1.29, 1.82) is 0 Å². The monoisotopic (exact) mass is 323 g/mol. The number of hydrogen-bond donors (Lipinski definition) is 1. The van der Waals surface area contributed by atoms with Gasteiger partial charge in [0.2, 0.25) is 0 Å². The van der Waals surface area contributed by atoms with Crippen molar-refractivity contribution in [1.82, 2.24) is 0 Å². The van der Waals surface area contributed by atoms with Crippen molar-refractivity contribution in [3.63, 3.8) is 0 Å². The minimum Gasteiger partial charge on any atom is -0.484 e. The van der Waals surface area contributed by atoms with E-state index in [2.05, 4.69) is 15.9 Å². The molecule has 0 radical (unpaired) electrons. The quantitative estimate of drug-likeness (QED) is 0.923. The van der Waals surface area contributed by atoms with Crippen molar-refractivity contribution < 1.29 is 9.13 Å². The van der Waals surface area contributed by atoms with Crippen LogP contribution in [0.5, 0.6) is 5.75 Å². The molecule has 100 valence electrons. The molecule has 0 aliphatic rings. The molecule has 0 saturated carbocycles. The fourth-order valence-corrected chi connectivity index (χ4v) is 2.15. The van der Waals surface area contributed by atoms with Gasteiger partial charge in [0.15, 0.2) is 0 Å². The van der Waals surface area contributed by atoms with E-state index < -0.39 is 0 Å². The molecule has 2 N–H and O–H groups in total. The summed E-state index contributed by atoms with van der Waals surface area (Å²) >= 11 is 3.40. The molecule has 0 aromatic heterocycles. The molecule has 0 fully saturated rings. The molecule has 2 rings (SSSR count). The summed E-state index contributed by atoms with van der Waals surface area (Å²) in [7, 11) is 0. The lowest BCUT2D eigenvalue weighted by Gasteiger charge is -2.19. The maximum atomic E-state index is 13.2. The highest BCUT2D eigenvalue weighted by atomic mass is 79.9. The van der Waals surface area contributed by atoms with Crippen molar-refractivity contribution in [2.75, 3.05) is 6.54 Å². The summed E-state index contributed by atoms with van der Waals surface area (Å²) in [4.78, 5) is 0. The first-order chi connectivity index (χ1) is 9.10. The van der Waals surface area contributed by atoms with Gasteiger partial charge in [0.1, 0.15) is 17.7 Å². The molecule has 1 unspecified atom stereocenters. The Morgan fingerprint density at radius 1 is 1.26 bits per heavy atom. The maximum Gasteiger partial charge on any atom is 0.136 e. The smallest absolute Gasteiger partial charge is 0.136 e. The topological polar surface area (TPSA) is 35.2 Å². The number of hydrogen-bond acceptors (Lipinski definition) is 2. The normalized spacial score (nSPS) is 12.2. The Morgan fingerprint density at radius 3 is 2.74 bits per heavy atom. The predicted molar refractivity (Wildman–Crippen MR) is 77.7 cm³/mol. The average molecular weight is 324 g/mol. The number of rotatable bonds is 4. The molecule has 0 heterocycles. The maximum absolute atomic E-state index is 13.2. The van der Waals surface area contributed by atoms with Gasteiger partial charge in [0, 0.05) is 11.0 Å². The minimum atomic E-state index is -0.358. The zero-order chi connectivity index (χ0) is 13.8. The van der Waals surface area contributed by atoms with Crippen molar-refractivity contribution in [2.45, 2.75) is 13.0 Å². The van der Waals surface area contributed by atoms with Crippen LogP contribution in [-0.2, 0) is 0 Å². The molecule has 0 spiro atoms. The lowest BCUT2D eigenvalue weighted by Crippen LogP contribution is -2.19. The van der Waals surface area contributed by atoms with Crippen LogP contribution in [0.3, 0.4) is 0 Å². The van der Waals surface area contributed by atoms with Crippen LogP contribution in [0.4, 0.5) is 4.39 Å². The van der Waals surface area contributed by atoms with E-state index in [0.29, 0.717) is 0 Å². The highest BCUT2D eigenvalue weighted by molar-refractivity contribution is 9.10. The van der Waals surface area contributed by atoms with Crippen LogP contribution in [0.2, 0.25) is 0 Å². The number of benzene rings is 2. The highest BCUT2D eigenvalue weighted by Crippen LogP contribution is 2.27. The Hall–Kier alpha value is -1.39. The molecular weight excluding hydrogens is 309 g/mol. The summed E-state index contributed by atoms with van der Waals surface area (Å²) in [6.07, 6.45) is -0.358. The van der Waals surface area contributed by atoms with Crippen LogP contribution < -0.4 is 10.5 Å². The van der Waals surface area contributed by atoms with E-state index in [4.69, 9.17) is 10.5 Å². The zero-order valence-corrected chi connectivity index (χ0v) is 12.2. The molecule has 1 atom stereocenters. The van der Waals surface area contributed by atoms with E-state index >= 15 is 0 Å². The molecule has 0 amide bonds. The Labute approximate surface area is 120 Å². The fourth-order valence-electron chi connectivity index (χ4n) is 1.81. The summed E-state index contributed by atoms with van der Waals surface area (Å²) < 4.78 is 20.1. The highest BCUT2D eigenvalue weighted by Gasteiger charge is 2.13. The van der Waals surface area contributed by atoms with Gasteiger partial charge in [-0.25, -0.2) is 4.39 Å². The molecule has 0 aliphatic heterocycles. The number of aryl methyl sites for hydroxylation is 1. The van der Waals surface area contributed by atoms with Crippen LogP contribution in [0, 0.1) is 12.7 Å². The summed E-state index contributed by atoms with van der Waals surface area (Å²) in [6, 6.07) is 12.1. The summed E-state index contributed by atoms with van der Waals surface area (Å²) in [5.41, 5.74) is 7.48. The Kier molecular flexibility index (Phi) is 4.56. The van der Waals surface area contributed by atoms with Crippen molar-refractivity contribution in [3.05, 3.63) is 63.9 Å². The summed E-state index contributed by atoms with van der Waals surface area (Å²) in [6.45, 7) is 2.25. The van der Waals surface area contributed by atoms with Gasteiger partial charge in [-0.1, -0.05) is 34.1 Å². The average Bonchev–Trinajstić information content (AvgIpc) is 2.39. The fraction of sp³-hybridized carbons (Fsp3) is 0.200. The summed E-state index contributed by atoms with van der Waals surface area (Å²) in [5.74, 6) is 0.458. The van der Waals surface area contributed by atoms with Gasteiger partial charge in [-0.2, -0.15) is 0 Å². The first kappa shape index (κ1) is 14.0. The Morgan fingerprint density at radius 2 is 2.05 bits per heavy atom. The van der Waals surface area contributed by atoms with Crippen LogP contribution >= 0.6 is 15.9 Å². The summed E-state index contributed by atoms with van der Waals surface area (Å²) in [5, 5.41) is 0.